The molecule has 0 saturated carbocycles. The quantitative estimate of drug-likeness (QED) is 0.889. The lowest BCUT2D eigenvalue weighted by atomic mass is 10.2. The van der Waals surface area contributed by atoms with Gasteiger partial charge in [-0.2, -0.15) is 0 Å². The molecule has 0 aliphatic rings. The van der Waals surface area contributed by atoms with Crippen molar-refractivity contribution >= 4 is 17.2 Å². The molecule has 0 aliphatic carbocycles. The topological polar surface area (TPSA) is 54.9 Å². The van der Waals surface area contributed by atoms with E-state index in [1.54, 1.807) is 6.20 Å². The van der Waals surface area contributed by atoms with Gasteiger partial charge in [-0.15, -0.1) is 11.3 Å². The fourth-order valence-corrected chi connectivity index (χ4v) is 2.85. The van der Waals surface area contributed by atoms with Crippen LogP contribution in [0.4, 0.5) is 0 Å². The second kappa shape index (κ2) is 7.14. The molecule has 0 atom stereocenters. The number of nitrogens with one attached hydrogen (secondary N) is 1. The fourth-order valence-electron chi connectivity index (χ4n) is 1.87. The first kappa shape index (κ1) is 14.7. The molecule has 2 heterocycles. The van der Waals surface area contributed by atoms with Crippen molar-refractivity contribution in [3.05, 3.63) is 45.7 Å². The van der Waals surface area contributed by atoms with Crippen LogP contribution in [0.3, 0.4) is 0 Å². The normalized spacial score (nSPS) is 10.5. The summed E-state index contributed by atoms with van der Waals surface area (Å²) in [5.41, 5.74) is 1.87. The maximum absolute atomic E-state index is 12.0. The van der Waals surface area contributed by atoms with Crippen LogP contribution in [-0.2, 0) is 12.8 Å². The number of hydrogen-bond acceptors (Lipinski definition) is 4. The number of hydrogen-bond donors (Lipinski definition) is 1. The highest BCUT2D eigenvalue weighted by atomic mass is 32.1. The Morgan fingerprint density at radius 1 is 1.35 bits per heavy atom. The summed E-state index contributed by atoms with van der Waals surface area (Å²) in [4.78, 5) is 21.5. The fraction of sp³-hybridized carbons (Fsp3) is 0.400. The summed E-state index contributed by atoms with van der Waals surface area (Å²) in [7, 11) is 0. The maximum atomic E-state index is 12.0. The Morgan fingerprint density at radius 3 is 2.90 bits per heavy atom. The highest BCUT2D eigenvalue weighted by Gasteiger charge is 2.14. The first-order valence-corrected chi connectivity index (χ1v) is 7.66. The lowest BCUT2D eigenvalue weighted by Crippen LogP contribution is -2.23. The lowest BCUT2D eigenvalue weighted by molar-refractivity contribution is 0.0957. The van der Waals surface area contributed by atoms with Gasteiger partial charge in [0.25, 0.3) is 5.91 Å². The van der Waals surface area contributed by atoms with E-state index >= 15 is 0 Å². The van der Waals surface area contributed by atoms with Crippen molar-refractivity contribution in [1.82, 2.24) is 15.3 Å². The van der Waals surface area contributed by atoms with Crippen LogP contribution in [0.5, 0.6) is 0 Å². The van der Waals surface area contributed by atoms with Gasteiger partial charge >= 0.3 is 0 Å². The van der Waals surface area contributed by atoms with Crippen molar-refractivity contribution in [3.8, 4) is 0 Å². The zero-order chi connectivity index (χ0) is 14.4. The molecule has 0 aliphatic heterocycles. The number of rotatable bonds is 6. The van der Waals surface area contributed by atoms with E-state index in [1.807, 2.05) is 32.0 Å². The molecule has 0 unspecified atom stereocenters. The third kappa shape index (κ3) is 3.87. The Morgan fingerprint density at radius 2 is 2.20 bits per heavy atom. The van der Waals surface area contributed by atoms with Crippen molar-refractivity contribution < 1.29 is 4.79 Å². The first-order chi connectivity index (χ1) is 9.70. The van der Waals surface area contributed by atoms with Gasteiger partial charge in [-0.3, -0.25) is 9.78 Å². The van der Waals surface area contributed by atoms with E-state index in [2.05, 4.69) is 15.3 Å². The zero-order valence-electron chi connectivity index (χ0n) is 11.8. The Balaban J connectivity index is 1.98. The number of thiazole rings is 1. The molecule has 0 radical (unpaired) electrons. The highest BCUT2D eigenvalue weighted by molar-refractivity contribution is 7.13. The number of aryl methyl sites for hydroxylation is 3. The highest BCUT2D eigenvalue weighted by Crippen LogP contribution is 2.19. The van der Waals surface area contributed by atoms with E-state index < -0.39 is 0 Å². The van der Waals surface area contributed by atoms with Crippen LogP contribution in [-0.4, -0.2) is 22.4 Å². The monoisotopic (exact) mass is 289 g/mol. The Bertz CT molecular complexity index is 566. The summed E-state index contributed by atoms with van der Waals surface area (Å²) in [6.07, 6.45) is 4.41. The molecule has 106 valence electrons. The van der Waals surface area contributed by atoms with Crippen LogP contribution in [0.1, 0.15) is 39.4 Å². The average molecular weight is 289 g/mol. The molecule has 1 amide bonds. The maximum Gasteiger partial charge on any atom is 0.263 e. The van der Waals surface area contributed by atoms with Crippen molar-refractivity contribution in [3.63, 3.8) is 0 Å². The minimum atomic E-state index is -0.00839. The number of nitrogens with zero attached hydrogens (tertiary/aromatic N) is 2. The van der Waals surface area contributed by atoms with Gasteiger partial charge in [0.05, 0.1) is 10.7 Å². The molecule has 5 heteroatoms. The number of amides is 1. The van der Waals surface area contributed by atoms with Gasteiger partial charge in [-0.05, 0) is 31.9 Å². The molecule has 0 bridgehead atoms. The standard InChI is InChI=1S/C15H19N3OS/c1-3-9-17-15(19)14-11(2)18-13(20-14)8-7-12-6-4-5-10-16-12/h4-6,10H,3,7-9H2,1-2H3,(H,17,19). The predicted molar refractivity (Wildman–Crippen MR) is 81.1 cm³/mol. The number of carbonyl (C=O) groups is 1. The van der Waals surface area contributed by atoms with Gasteiger partial charge in [0.1, 0.15) is 4.88 Å². The van der Waals surface area contributed by atoms with Crippen molar-refractivity contribution in [1.29, 1.82) is 0 Å². The SMILES string of the molecule is CCCNC(=O)c1sc(CCc2ccccn2)nc1C. The summed E-state index contributed by atoms with van der Waals surface area (Å²) in [5.74, 6) is -0.00839. The molecule has 2 aromatic heterocycles. The molecule has 4 nitrogen and oxygen atoms in total. The van der Waals surface area contributed by atoms with Crippen LogP contribution in [0, 0.1) is 6.92 Å². The predicted octanol–water partition coefficient (Wildman–Crippen LogP) is 2.77. The number of carbonyl (C=O) groups excluding carboxylic acids is 1. The molecule has 20 heavy (non-hydrogen) atoms. The number of pyridine rings is 1. The van der Waals surface area contributed by atoms with Gasteiger partial charge < -0.3 is 5.32 Å². The molecular weight excluding hydrogens is 270 g/mol. The largest absolute Gasteiger partial charge is 0.351 e. The van der Waals surface area contributed by atoms with Crippen LogP contribution in [0.25, 0.3) is 0 Å². The molecule has 1 N–H and O–H groups in total. The van der Waals surface area contributed by atoms with Gasteiger partial charge in [0, 0.05) is 24.9 Å². The molecule has 0 fully saturated rings. The van der Waals surface area contributed by atoms with Gasteiger partial charge in [0.15, 0.2) is 0 Å². The third-order valence-corrected chi connectivity index (χ3v) is 4.12. The van der Waals surface area contributed by atoms with E-state index in [0.29, 0.717) is 6.54 Å². The van der Waals surface area contributed by atoms with Crippen molar-refractivity contribution in [2.75, 3.05) is 6.54 Å². The van der Waals surface area contributed by atoms with Gasteiger partial charge in [-0.25, -0.2) is 4.98 Å². The minimum absolute atomic E-state index is 0.00839. The molecule has 0 aromatic carbocycles. The van der Waals surface area contributed by atoms with E-state index in [1.165, 1.54) is 11.3 Å². The molecule has 0 saturated heterocycles. The summed E-state index contributed by atoms with van der Waals surface area (Å²) in [5, 5.41) is 3.89. The van der Waals surface area contributed by atoms with Crippen LogP contribution >= 0.6 is 11.3 Å². The van der Waals surface area contributed by atoms with E-state index in [-0.39, 0.29) is 5.91 Å². The van der Waals surface area contributed by atoms with Gasteiger partial charge in [0.2, 0.25) is 0 Å². The van der Waals surface area contributed by atoms with E-state index in [4.69, 9.17) is 0 Å². The average Bonchev–Trinajstić information content (AvgIpc) is 2.85. The molecule has 2 rings (SSSR count). The zero-order valence-corrected chi connectivity index (χ0v) is 12.7. The van der Waals surface area contributed by atoms with Crippen LogP contribution in [0.2, 0.25) is 0 Å². The van der Waals surface area contributed by atoms with Crippen LogP contribution < -0.4 is 5.32 Å². The lowest BCUT2D eigenvalue weighted by Gasteiger charge is -2.00. The molecule has 2 aromatic rings. The first-order valence-electron chi connectivity index (χ1n) is 6.85. The Kier molecular flexibility index (Phi) is 5.24. The molecular formula is C15H19N3OS. The second-order valence-corrected chi connectivity index (χ2v) is 5.68. The minimum Gasteiger partial charge on any atom is -0.351 e. The Labute approximate surface area is 123 Å². The third-order valence-electron chi connectivity index (χ3n) is 2.90. The van der Waals surface area contributed by atoms with Crippen molar-refractivity contribution in [2.45, 2.75) is 33.1 Å². The summed E-state index contributed by atoms with van der Waals surface area (Å²) in [6.45, 7) is 4.64. The second-order valence-electron chi connectivity index (χ2n) is 4.60. The summed E-state index contributed by atoms with van der Waals surface area (Å²) < 4.78 is 0. The van der Waals surface area contributed by atoms with Crippen LogP contribution in [0.15, 0.2) is 24.4 Å². The summed E-state index contributed by atoms with van der Waals surface area (Å²) >= 11 is 1.49. The summed E-state index contributed by atoms with van der Waals surface area (Å²) in [6, 6.07) is 5.90. The molecule has 0 spiro atoms. The van der Waals surface area contributed by atoms with E-state index in [9.17, 15) is 4.79 Å². The van der Waals surface area contributed by atoms with Gasteiger partial charge in [-0.1, -0.05) is 13.0 Å². The van der Waals surface area contributed by atoms with E-state index in [0.717, 1.165) is 40.5 Å². The Hall–Kier alpha value is -1.75. The smallest absolute Gasteiger partial charge is 0.263 e. The van der Waals surface area contributed by atoms with Crippen molar-refractivity contribution in [2.24, 2.45) is 0 Å². The number of aromatic nitrogens is 2.